The van der Waals surface area contributed by atoms with Gasteiger partial charge in [-0.15, -0.1) is 20.4 Å². The monoisotopic (exact) mass is 440 g/mol. The standard InChI is InChI=1S/C20H17FN6OS2/c1-12-5-3-4-6-15(12)17-24-26-20(27(17)2)29-11-16-23-25-19(30-16)18(28)22-14-9-7-13(21)8-10-14/h3-10H,11H2,1-2H3,(H,22,28). The first kappa shape index (κ1) is 20.2. The molecule has 10 heteroatoms. The molecule has 2 aromatic carbocycles. The summed E-state index contributed by atoms with van der Waals surface area (Å²) in [6.45, 7) is 2.04. The van der Waals surface area contributed by atoms with Gasteiger partial charge >= 0.3 is 0 Å². The van der Waals surface area contributed by atoms with E-state index < -0.39 is 0 Å². The molecule has 0 unspecified atom stereocenters. The van der Waals surface area contributed by atoms with Crippen molar-refractivity contribution in [2.24, 2.45) is 7.05 Å². The number of nitrogens with one attached hydrogen (secondary N) is 1. The van der Waals surface area contributed by atoms with Crippen LogP contribution in [0.2, 0.25) is 0 Å². The quantitative estimate of drug-likeness (QED) is 0.449. The van der Waals surface area contributed by atoms with Gasteiger partial charge in [0, 0.05) is 18.3 Å². The molecule has 0 saturated heterocycles. The molecule has 1 amide bonds. The third-order valence-electron chi connectivity index (χ3n) is 4.31. The summed E-state index contributed by atoms with van der Waals surface area (Å²) in [7, 11) is 1.92. The predicted molar refractivity (Wildman–Crippen MR) is 115 cm³/mol. The van der Waals surface area contributed by atoms with E-state index in [0.717, 1.165) is 22.1 Å². The number of hydrogen-bond acceptors (Lipinski definition) is 7. The molecule has 0 aliphatic rings. The van der Waals surface area contributed by atoms with Crippen LogP contribution >= 0.6 is 23.1 Å². The number of benzene rings is 2. The number of carbonyl (C=O) groups excluding carboxylic acids is 1. The molecule has 30 heavy (non-hydrogen) atoms. The van der Waals surface area contributed by atoms with Gasteiger partial charge in [0.1, 0.15) is 10.8 Å². The summed E-state index contributed by atoms with van der Waals surface area (Å²) in [5.74, 6) is 0.571. The van der Waals surface area contributed by atoms with Crippen molar-refractivity contribution >= 4 is 34.7 Å². The van der Waals surface area contributed by atoms with Gasteiger partial charge in [0.15, 0.2) is 11.0 Å². The van der Waals surface area contributed by atoms with E-state index >= 15 is 0 Å². The summed E-state index contributed by atoms with van der Waals surface area (Å²) in [5.41, 5.74) is 2.66. The third kappa shape index (κ3) is 4.39. The highest BCUT2D eigenvalue weighted by atomic mass is 32.2. The van der Waals surface area contributed by atoms with Gasteiger partial charge in [-0.2, -0.15) is 0 Å². The molecule has 0 aliphatic heterocycles. The topological polar surface area (TPSA) is 85.6 Å². The van der Waals surface area contributed by atoms with Gasteiger partial charge in [-0.3, -0.25) is 4.79 Å². The van der Waals surface area contributed by atoms with Crippen LogP contribution in [0.15, 0.2) is 53.7 Å². The van der Waals surface area contributed by atoms with E-state index in [0.29, 0.717) is 16.4 Å². The molecule has 0 spiro atoms. The van der Waals surface area contributed by atoms with E-state index in [1.807, 2.05) is 42.8 Å². The SMILES string of the molecule is Cc1ccccc1-c1nnc(SCc2nnc(C(=O)Nc3ccc(F)cc3)s2)n1C. The lowest BCUT2D eigenvalue weighted by Crippen LogP contribution is -2.11. The predicted octanol–water partition coefficient (Wildman–Crippen LogP) is 4.33. The van der Waals surface area contributed by atoms with Crippen LogP contribution in [-0.2, 0) is 12.8 Å². The Bertz CT molecular complexity index is 1190. The van der Waals surface area contributed by atoms with Crippen molar-refractivity contribution < 1.29 is 9.18 Å². The molecule has 0 atom stereocenters. The molecule has 0 bridgehead atoms. The number of hydrogen-bond donors (Lipinski definition) is 1. The van der Waals surface area contributed by atoms with E-state index in [1.165, 1.54) is 47.4 Å². The Balaban J connectivity index is 1.41. The van der Waals surface area contributed by atoms with E-state index in [2.05, 4.69) is 25.7 Å². The van der Waals surface area contributed by atoms with Crippen LogP contribution in [0, 0.1) is 12.7 Å². The molecule has 2 aromatic heterocycles. The van der Waals surface area contributed by atoms with Crippen LogP contribution in [0.3, 0.4) is 0 Å². The molecule has 0 radical (unpaired) electrons. The molecular formula is C20H17FN6OS2. The second-order valence-corrected chi connectivity index (χ2v) is 8.44. The van der Waals surface area contributed by atoms with Crippen LogP contribution in [0.1, 0.15) is 20.4 Å². The first-order valence-corrected chi connectivity index (χ1v) is 10.8. The van der Waals surface area contributed by atoms with Crippen LogP contribution in [0.5, 0.6) is 0 Å². The smallest absolute Gasteiger partial charge is 0.286 e. The largest absolute Gasteiger partial charge is 0.320 e. The van der Waals surface area contributed by atoms with E-state index in [9.17, 15) is 9.18 Å². The summed E-state index contributed by atoms with van der Waals surface area (Å²) >= 11 is 2.68. The highest BCUT2D eigenvalue weighted by molar-refractivity contribution is 7.98. The number of amides is 1. The van der Waals surface area contributed by atoms with Gasteiger partial charge < -0.3 is 9.88 Å². The van der Waals surface area contributed by atoms with Gasteiger partial charge in [0.2, 0.25) is 5.01 Å². The van der Waals surface area contributed by atoms with Crippen LogP contribution in [0.25, 0.3) is 11.4 Å². The zero-order chi connectivity index (χ0) is 21.1. The zero-order valence-corrected chi connectivity index (χ0v) is 17.8. The van der Waals surface area contributed by atoms with E-state index in [-0.39, 0.29) is 16.7 Å². The van der Waals surface area contributed by atoms with Crippen molar-refractivity contribution in [3.8, 4) is 11.4 Å². The normalized spacial score (nSPS) is 10.9. The summed E-state index contributed by atoms with van der Waals surface area (Å²) in [4.78, 5) is 12.3. The molecule has 1 N–H and O–H groups in total. The Hall–Kier alpha value is -3.11. The number of carbonyl (C=O) groups is 1. The molecule has 7 nitrogen and oxygen atoms in total. The first-order valence-electron chi connectivity index (χ1n) is 8.99. The average molecular weight is 441 g/mol. The Morgan fingerprint density at radius 1 is 1.10 bits per heavy atom. The highest BCUT2D eigenvalue weighted by Crippen LogP contribution is 2.27. The van der Waals surface area contributed by atoms with Crippen LogP contribution < -0.4 is 5.32 Å². The lowest BCUT2D eigenvalue weighted by molar-refractivity contribution is 0.102. The average Bonchev–Trinajstić information content (AvgIpc) is 3.36. The second kappa shape index (κ2) is 8.72. The maximum absolute atomic E-state index is 13.0. The van der Waals surface area contributed by atoms with Crippen molar-refractivity contribution in [2.75, 3.05) is 5.32 Å². The van der Waals surface area contributed by atoms with E-state index in [4.69, 9.17) is 0 Å². The van der Waals surface area contributed by atoms with Crippen molar-refractivity contribution in [1.82, 2.24) is 25.0 Å². The van der Waals surface area contributed by atoms with E-state index in [1.54, 1.807) is 0 Å². The van der Waals surface area contributed by atoms with Gasteiger partial charge in [0.05, 0.1) is 5.75 Å². The summed E-state index contributed by atoms with van der Waals surface area (Å²) in [5, 5.41) is 21.0. The second-order valence-electron chi connectivity index (χ2n) is 6.43. The number of aryl methyl sites for hydroxylation is 1. The van der Waals surface area contributed by atoms with Gasteiger partial charge in [-0.05, 0) is 36.8 Å². The van der Waals surface area contributed by atoms with Crippen molar-refractivity contribution in [3.63, 3.8) is 0 Å². The Morgan fingerprint density at radius 2 is 1.87 bits per heavy atom. The molecule has 4 aromatic rings. The molecule has 152 valence electrons. The third-order valence-corrected chi connectivity index (χ3v) is 6.45. The zero-order valence-electron chi connectivity index (χ0n) is 16.2. The maximum atomic E-state index is 13.0. The van der Waals surface area contributed by atoms with Gasteiger partial charge in [-0.25, -0.2) is 4.39 Å². The maximum Gasteiger partial charge on any atom is 0.286 e. The lowest BCUT2D eigenvalue weighted by Gasteiger charge is -2.05. The Morgan fingerprint density at radius 3 is 2.63 bits per heavy atom. The molecule has 4 rings (SSSR count). The molecular weight excluding hydrogens is 423 g/mol. The summed E-state index contributed by atoms with van der Waals surface area (Å²) in [6, 6.07) is 13.6. The fraction of sp³-hybridized carbons (Fsp3) is 0.150. The molecule has 0 aliphatic carbocycles. The van der Waals surface area contributed by atoms with Crippen molar-refractivity contribution in [2.45, 2.75) is 17.8 Å². The van der Waals surface area contributed by atoms with Crippen LogP contribution in [0.4, 0.5) is 10.1 Å². The summed E-state index contributed by atoms with van der Waals surface area (Å²) < 4.78 is 14.9. The number of nitrogens with zero attached hydrogens (tertiary/aromatic N) is 5. The highest BCUT2D eigenvalue weighted by Gasteiger charge is 2.16. The van der Waals surface area contributed by atoms with Gasteiger partial charge in [0.25, 0.3) is 5.91 Å². The van der Waals surface area contributed by atoms with Crippen molar-refractivity contribution in [3.05, 3.63) is 69.9 Å². The first-order chi connectivity index (χ1) is 14.5. The minimum atomic E-state index is -0.379. The summed E-state index contributed by atoms with van der Waals surface area (Å²) in [6.07, 6.45) is 0. The molecule has 2 heterocycles. The van der Waals surface area contributed by atoms with Crippen LogP contribution in [-0.4, -0.2) is 30.9 Å². The Kier molecular flexibility index (Phi) is 5.86. The lowest BCUT2D eigenvalue weighted by atomic mass is 10.1. The number of aromatic nitrogens is 5. The Labute approximate surface area is 180 Å². The number of anilines is 1. The molecule has 0 fully saturated rings. The molecule has 0 saturated carbocycles. The fourth-order valence-electron chi connectivity index (χ4n) is 2.75. The number of thioether (sulfide) groups is 1. The minimum absolute atomic E-state index is 0.244. The number of halogens is 1. The minimum Gasteiger partial charge on any atom is -0.320 e. The van der Waals surface area contributed by atoms with Gasteiger partial charge in [-0.1, -0.05) is 47.4 Å². The van der Waals surface area contributed by atoms with Crippen molar-refractivity contribution in [1.29, 1.82) is 0 Å². The fourth-order valence-corrected chi connectivity index (χ4v) is 4.38. The number of rotatable bonds is 6.